The molecule has 1 aromatic heterocycles. The number of anilines is 1. The zero-order valence-corrected chi connectivity index (χ0v) is 20.3. The Morgan fingerprint density at radius 2 is 1.97 bits per heavy atom. The molecule has 4 rings (SSSR count). The fourth-order valence-electron chi connectivity index (χ4n) is 4.21. The van der Waals surface area contributed by atoms with E-state index in [4.69, 9.17) is 4.74 Å². The number of thioether (sulfide) groups is 1. The van der Waals surface area contributed by atoms with Crippen molar-refractivity contribution in [2.75, 3.05) is 12.4 Å². The summed E-state index contributed by atoms with van der Waals surface area (Å²) in [5, 5.41) is 22.4. The molecule has 35 heavy (non-hydrogen) atoms. The van der Waals surface area contributed by atoms with Crippen LogP contribution in [-0.2, 0) is 4.79 Å². The number of nitrogens with one attached hydrogen (secondary N) is 1. The van der Waals surface area contributed by atoms with Crippen molar-refractivity contribution in [1.82, 2.24) is 14.8 Å². The molecule has 1 amide bonds. The first-order chi connectivity index (χ1) is 16.9. The molecule has 1 aliphatic rings. The Balaban J connectivity index is 1.60. The highest BCUT2D eigenvalue weighted by Crippen LogP contribution is 2.37. The number of hydrogen-bond donors (Lipinski definition) is 1. The third-order valence-electron chi connectivity index (χ3n) is 6.02. The minimum Gasteiger partial charge on any atom is -0.495 e. The number of hydrogen-bond acceptors (Lipinski definition) is 7. The fourth-order valence-corrected chi connectivity index (χ4v) is 5.12. The van der Waals surface area contributed by atoms with Gasteiger partial charge in [0.05, 0.1) is 28.5 Å². The van der Waals surface area contributed by atoms with E-state index in [1.807, 2.05) is 4.57 Å². The van der Waals surface area contributed by atoms with E-state index < -0.39 is 10.2 Å². The van der Waals surface area contributed by atoms with E-state index in [2.05, 4.69) is 15.5 Å². The number of carbonyl (C=O) groups is 1. The summed E-state index contributed by atoms with van der Waals surface area (Å²) in [7, 11) is 1.42. The van der Waals surface area contributed by atoms with E-state index in [1.54, 1.807) is 25.1 Å². The van der Waals surface area contributed by atoms with Crippen LogP contribution >= 0.6 is 11.8 Å². The standard InChI is InChI=1S/C24H26FN5O4S/c1-15(23(31)26-20-14-17(30(32)33)12-13-21(20)34-2)35-24-28-27-22(18-10-6-7-11-19(18)25)29(24)16-8-4-3-5-9-16/h6-7,10-16H,3-5,8-9H2,1-2H3,(H,26,31)/t15-/m0/s1. The smallest absolute Gasteiger partial charge is 0.271 e. The van der Waals surface area contributed by atoms with Gasteiger partial charge in [0, 0.05) is 18.2 Å². The molecule has 1 saturated carbocycles. The van der Waals surface area contributed by atoms with Crippen LogP contribution in [0.25, 0.3) is 11.4 Å². The zero-order chi connectivity index (χ0) is 24.9. The molecule has 0 radical (unpaired) electrons. The van der Waals surface area contributed by atoms with Crippen LogP contribution in [0.3, 0.4) is 0 Å². The lowest BCUT2D eigenvalue weighted by molar-refractivity contribution is -0.384. The minimum atomic E-state index is -0.612. The molecule has 184 valence electrons. The first-order valence-electron chi connectivity index (χ1n) is 11.4. The second-order valence-corrected chi connectivity index (χ2v) is 9.65. The van der Waals surface area contributed by atoms with Gasteiger partial charge in [-0.25, -0.2) is 4.39 Å². The molecule has 0 saturated heterocycles. The molecule has 0 unspecified atom stereocenters. The molecular weight excluding hydrogens is 473 g/mol. The molecule has 1 fully saturated rings. The van der Waals surface area contributed by atoms with Gasteiger partial charge in [-0.1, -0.05) is 43.2 Å². The molecule has 0 aliphatic heterocycles. The summed E-state index contributed by atoms with van der Waals surface area (Å²) in [6, 6.07) is 10.6. The average molecular weight is 500 g/mol. The Morgan fingerprint density at radius 3 is 2.66 bits per heavy atom. The van der Waals surface area contributed by atoms with E-state index in [9.17, 15) is 19.3 Å². The number of nitrogens with zero attached hydrogens (tertiary/aromatic N) is 4. The van der Waals surface area contributed by atoms with Crippen molar-refractivity contribution in [2.24, 2.45) is 0 Å². The quantitative estimate of drug-likeness (QED) is 0.243. The van der Waals surface area contributed by atoms with Crippen molar-refractivity contribution in [3.8, 4) is 17.1 Å². The van der Waals surface area contributed by atoms with E-state index in [-0.39, 0.29) is 29.1 Å². The number of benzene rings is 2. The lowest BCUT2D eigenvalue weighted by Gasteiger charge is -2.26. The number of nitro benzene ring substituents is 1. The number of ether oxygens (including phenoxy) is 1. The van der Waals surface area contributed by atoms with Crippen molar-refractivity contribution in [1.29, 1.82) is 0 Å². The second kappa shape index (κ2) is 10.9. The highest BCUT2D eigenvalue weighted by molar-refractivity contribution is 8.00. The normalized spacial score (nSPS) is 14.9. The van der Waals surface area contributed by atoms with Gasteiger partial charge in [0.25, 0.3) is 5.69 Å². The highest BCUT2D eigenvalue weighted by atomic mass is 32.2. The van der Waals surface area contributed by atoms with E-state index >= 15 is 0 Å². The summed E-state index contributed by atoms with van der Waals surface area (Å²) >= 11 is 1.22. The van der Waals surface area contributed by atoms with Crippen LogP contribution < -0.4 is 10.1 Å². The van der Waals surface area contributed by atoms with Crippen LogP contribution in [-0.4, -0.2) is 38.0 Å². The number of rotatable bonds is 8. The molecule has 9 nitrogen and oxygen atoms in total. The SMILES string of the molecule is COc1ccc([N+](=O)[O-])cc1NC(=O)[C@H](C)Sc1nnc(-c2ccccc2F)n1C1CCCCC1. The number of methoxy groups -OCH3 is 1. The van der Waals surface area contributed by atoms with Crippen LogP contribution in [0, 0.1) is 15.9 Å². The van der Waals surface area contributed by atoms with E-state index in [0.717, 1.165) is 32.1 Å². The number of nitro groups is 1. The Bertz CT molecular complexity index is 1230. The maximum absolute atomic E-state index is 14.6. The van der Waals surface area contributed by atoms with Gasteiger partial charge in [0.1, 0.15) is 11.6 Å². The maximum atomic E-state index is 14.6. The van der Waals surface area contributed by atoms with Gasteiger partial charge >= 0.3 is 0 Å². The van der Waals surface area contributed by atoms with E-state index in [1.165, 1.54) is 43.1 Å². The minimum absolute atomic E-state index is 0.114. The summed E-state index contributed by atoms with van der Waals surface area (Å²) in [6.45, 7) is 1.71. The maximum Gasteiger partial charge on any atom is 0.271 e. The summed E-state index contributed by atoms with van der Waals surface area (Å²) in [5.41, 5.74) is 0.420. The molecule has 1 atom stereocenters. The summed E-state index contributed by atoms with van der Waals surface area (Å²) in [6.07, 6.45) is 5.13. The molecule has 1 aliphatic carbocycles. The molecular formula is C24H26FN5O4S. The molecule has 0 bridgehead atoms. The molecule has 1 heterocycles. The number of carbonyl (C=O) groups excluding carboxylic acids is 1. The van der Waals surface area contributed by atoms with Crippen molar-refractivity contribution in [3.63, 3.8) is 0 Å². The van der Waals surface area contributed by atoms with Crippen LogP contribution in [0.5, 0.6) is 5.75 Å². The molecule has 0 spiro atoms. The predicted octanol–water partition coefficient (Wildman–Crippen LogP) is 5.63. The monoisotopic (exact) mass is 499 g/mol. The van der Waals surface area contributed by atoms with Gasteiger partial charge in [0.2, 0.25) is 5.91 Å². The number of non-ortho nitro benzene ring substituents is 1. The van der Waals surface area contributed by atoms with Gasteiger partial charge < -0.3 is 10.1 Å². The first-order valence-corrected chi connectivity index (χ1v) is 12.3. The third kappa shape index (κ3) is 5.45. The van der Waals surface area contributed by atoms with Gasteiger partial charge in [-0.05, 0) is 38.0 Å². The Kier molecular flexibility index (Phi) is 7.64. The summed E-state index contributed by atoms with van der Waals surface area (Å²) < 4.78 is 21.8. The average Bonchev–Trinajstić information content (AvgIpc) is 3.27. The molecule has 1 N–H and O–H groups in total. The zero-order valence-electron chi connectivity index (χ0n) is 19.4. The van der Waals surface area contributed by atoms with Gasteiger partial charge in [-0.15, -0.1) is 10.2 Å². The van der Waals surface area contributed by atoms with Gasteiger partial charge in [-0.2, -0.15) is 0 Å². The molecule has 2 aromatic carbocycles. The van der Waals surface area contributed by atoms with E-state index in [0.29, 0.717) is 22.3 Å². The number of amides is 1. The van der Waals surface area contributed by atoms with Crippen LogP contribution in [0.2, 0.25) is 0 Å². The second-order valence-electron chi connectivity index (χ2n) is 8.34. The largest absolute Gasteiger partial charge is 0.495 e. The lowest BCUT2D eigenvalue weighted by Crippen LogP contribution is -2.24. The summed E-state index contributed by atoms with van der Waals surface area (Å²) in [5.74, 6) is 0.00956. The van der Waals surface area contributed by atoms with Gasteiger partial charge in [0.15, 0.2) is 11.0 Å². The van der Waals surface area contributed by atoms with Crippen LogP contribution in [0.4, 0.5) is 15.8 Å². The highest BCUT2D eigenvalue weighted by Gasteiger charge is 2.28. The van der Waals surface area contributed by atoms with Crippen molar-refractivity contribution in [3.05, 3.63) is 58.4 Å². The van der Waals surface area contributed by atoms with Crippen LogP contribution in [0.15, 0.2) is 47.6 Å². The molecule has 11 heteroatoms. The first kappa shape index (κ1) is 24.6. The third-order valence-corrected chi connectivity index (χ3v) is 7.08. The summed E-state index contributed by atoms with van der Waals surface area (Å²) in [4.78, 5) is 23.6. The Labute approximate surface area is 206 Å². The topological polar surface area (TPSA) is 112 Å². The predicted molar refractivity (Wildman–Crippen MR) is 131 cm³/mol. The Hall–Kier alpha value is -3.47. The number of halogens is 1. The lowest BCUT2D eigenvalue weighted by atomic mass is 9.95. The van der Waals surface area contributed by atoms with Crippen molar-refractivity contribution in [2.45, 2.75) is 55.5 Å². The molecule has 3 aromatic rings. The fraction of sp³-hybridized carbons (Fsp3) is 0.375. The number of aromatic nitrogens is 3. The Morgan fingerprint density at radius 1 is 1.23 bits per heavy atom. The van der Waals surface area contributed by atoms with Crippen molar-refractivity contribution >= 4 is 29.0 Å². The van der Waals surface area contributed by atoms with Crippen molar-refractivity contribution < 1.29 is 18.8 Å². The van der Waals surface area contributed by atoms with Crippen LogP contribution in [0.1, 0.15) is 45.1 Å². The van der Waals surface area contributed by atoms with Gasteiger partial charge in [-0.3, -0.25) is 19.5 Å².